The number of benzene rings is 2. The number of carbonyl (C=O) groups is 1. The van der Waals surface area contributed by atoms with Crippen LogP contribution in [0.3, 0.4) is 0 Å². The Bertz CT molecular complexity index is 894. The Kier molecular flexibility index (Phi) is 5.00. The van der Waals surface area contributed by atoms with Crippen molar-refractivity contribution in [2.45, 2.75) is 6.54 Å². The van der Waals surface area contributed by atoms with Crippen molar-refractivity contribution in [1.29, 1.82) is 0 Å². The number of nitrogens with zero attached hydrogens (tertiary/aromatic N) is 1. The van der Waals surface area contributed by atoms with Crippen LogP contribution in [-0.4, -0.2) is 18.2 Å². The molecule has 7 heteroatoms. The van der Waals surface area contributed by atoms with E-state index in [1.165, 1.54) is 19.2 Å². The molecule has 0 atom stereocenters. The van der Waals surface area contributed by atoms with Crippen LogP contribution in [0.5, 0.6) is 0 Å². The van der Waals surface area contributed by atoms with E-state index in [2.05, 4.69) is 10.5 Å². The van der Waals surface area contributed by atoms with Crippen molar-refractivity contribution < 1.29 is 18.4 Å². The van der Waals surface area contributed by atoms with Gasteiger partial charge in [-0.25, -0.2) is 9.18 Å². The van der Waals surface area contributed by atoms with Crippen LogP contribution in [0.4, 0.5) is 10.3 Å². The van der Waals surface area contributed by atoms with Crippen LogP contribution in [0.1, 0.15) is 15.9 Å². The van der Waals surface area contributed by atoms with E-state index >= 15 is 0 Å². The molecule has 3 aromatic rings. The third-order valence-electron chi connectivity index (χ3n) is 3.55. The lowest BCUT2D eigenvalue weighted by atomic mass is 10.1. The van der Waals surface area contributed by atoms with E-state index in [-0.39, 0.29) is 17.3 Å². The molecule has 0 unspecified atom stereocenters. The van der Waals surface area contributed by atoms with Gasteiger partial charge in [-0.15, -0.1) is 0 Å². The Morgan fingerprint density at radius 1 is 1.28 bits per heavy atom. The van der Waals surface area contributed by atoms with E-state index in [4.69, 9.17) is 20.9 Å². The fourth-order valence-corrected chi connectivity index (χ4v) is 2.51. The molecule has 25 heavy (non-hydrogen) atoms. The standard InChI is InChI=1S/C18H14ClFN2O3/c1-24-18(23)15-16(12-3-2-4-13(19)9-12)22-25-17(15)21-10-11-5-7-14(20)8-6-11/h2-9,21H,10H2,1H3. The van der Waals surface area contributed by atoms with Crippen molar-refractivity contribution in [2.75, 3.05) is 12.4 Å². The van der Waals surface area contributed by atoms with Crippen LogP contribution in [0.25, 0.3) is 11.3 Å². The van der Waals surface area contributed by atoms with Gasteiger partial charge in [0.05, 0.1) is 7.11 Å². The van der Waals surface area contributed by atoms with Crippen LogP contribution in [0.2, 0.25) is 5.02 Å². The number of esters is 1. The highest BCUT2D eigenvalue weighted by atomic mass is 35.5. The number of halogens is 2. The second kappa shape index (κ2) is 7.36. The number of anilines is 1. The largest absolute Gasteiger partial charge is 0.465 e. The lowest BCUT2D eigenvalue weighted by Crippen LogP contribution is -2.07. The highest BCUT2D eigenvalue weighted by Gasteiger charge is 2.25. The third-order valence-corrected chi connectivity index (χ3v) is 3.78. The third kappa shape index (κ3) is 3.80. The zero-order chi connectivity index (χ0) is 17.8. The van der Waals surface area contributed by atoms with Gasteiger partial charge in [0, 0.05) is 17.1 Å². The number of aromatic nitrogens is 1. The highest BCUT2D eigenvalue weighted by Crippen LogP contribution is 2.31. The molecule has 0 saturated heterocycles. The average Bonchev–Trinajstić information content (AvgIpc) is 3.04. The first-order valence-corrected chi connectivity index (χ1v) is 7.78. The summed E-state index contributed by atoms with van der Waals surface area (Å²) in [5, 5.41) is 7.46. The Morgan fingerprint density at radius 3 is 2.72 bits per heavy atom. The molecule has 1 heterocycles. The van der Waals surface area contributed by atoms with Crippen LogP contribution < -0.4 is 5.32 Å². The van der Waals surface area contributed by atoms with Crippen LogP contribution >= 0.6 is 11.6 Å². The Morgan fingerprint density at radius 2 is 2.04 bits per heavy atom. The van der Waals surface area contributed by atoms with Gasteiger partial charge < -0.3 is 14.6 Å². The first-order valence-electron chi connectivity index (χ1n) is 7.40. The maximum absolute atomic E-state index is 13.0. The van der Waals surface area contributed by atoms with E-state index in [0.29, 0.717) is 22.8 Å². The molecule has 0 spiro atoms. The number of hydrogen-bond donors (Lipinski definition) is 1. The van der Waals surface area contributed by atoms with Crippen LogP contribution in [0.15, 0.2) is 53.1 Å². The molecule has 0 fully saturated rings. The number of hydrogen-bond acceptors (Lipinski definition) is 5. The molecular formula is C18H14ClFN2O3. The van der Waals surface area contributed by atoms with E-state index in [0.717, 1.165) is 5.56 Å². The molecule has 1 aromatic heterocycles. The quantitative estimate of drug-likeness (QED) is 0.677. The monoisotopic (exact) mass is 360 g/mol. The molecule has 0 aliphatic carbocycles. The number of methoxy groups -OCH3 is 1. The molecule has 0 radical (unpaired) electrons. The summed E-state index contributed by atoms with van der Waals surface area (Å²) in [6.45, 7) is 0.328. The fraction of sp³-hybridized carbons (Fsp3) is 0.111. The summed E-state index contributed by atoms with van der Waals surface area (Å²) in [5.41, 5.74) is 1.95. The lowest BCUT2D eigenvalue weighted by molar-refractivity contribution is 0.0602. The predicted octanol–water partition coefficient (Wildman–Crippen LogP) is 4.53. The summed E-state index contributed by atoms with van der Waals surface area (Å²) >= 11 is 6.00. The van der Waals surface area contributed by atoms with Crippen LogP contribution in [0, 0.1) is 5.82 Å². The van der Waals surface area contributed by atoms with Gasteiger partial charge in [0.15, 0.2) is 5.56 Å². The molecule has 0 saturated carbocycles. The minimum atomic E-state index is -0.585. The van der Waals surface area contributed by atoms with Crippen molar-refractivity contribution in [1.82, 2.24) is 5.16 Å². The summed E-state index contributed by atoms with van der Waals surface area (Å²) in [5.74, 6) is -0.731. The minimum Gasteiger partial charge on any atom is -0.465 e. The van der Waals surface area contributed by atoms with Gasteiger partial charge in [-0.1, -0.05) is 41.0 Å². The Labute approximate surface area is 148 Å². The maximum Gasteiger partial charge on any atom is 0.345 e. The van der Waals surface area contributed by atoms with Gasteiger partial charge in [0.1, 0.15) is 11.5 Å². The number of rotatable bonds is 5. The summed E-state index contributed by atoms with van der Waals surface area (Å²) in [4.78, 5) is 12.2. The number of ether oxygens (including phenoxy) is 1. The number of carbonyl (C=O) groups excluding carboxylic acids is 1. The first-order chi connectivity index (χ1) is 12.1. The predicted molar refractivity (Wildman–Crippen MR) is 92.0 cm³/mol. The smallest absolute Gasteiger partial charge is 0.345 e. The van der Waals surface area contributed by atoms with E-state index in [9.17, 15) is 9.18 Å². The second-order valence-corrected chi connectivity index (χ2v) is 5.65. The van der Waals surface area contributed by atoms with Gasteiger partial charge in [-0.2, -0.15) is 0 Å². The van der Waals surface area contributed by atoms with Gasteiger partial charge in [-0.3, -0.25) is 0 Å². The summed E-state index contributed by atoms with van der Waals surface area (Å²) in [7, 11) is 1.28. The van der Waals surface area contributed by atoms with Crippen LogP contribution in [-0.2, 0) is 11.3 Å². The topological polar surface area (TPSA) is 64.4 Å². The van der Waals surface area contributed by atoms with Gasteiger partial charge in [-0.05, 0) is 29.8 Å². The minimum absolute atomic E-state index is 0.172. The second-order valence-electron chi connectivity index (χ2n) is 5.22. The molecule has 0 amide bonds. The van der Waals surface area contributed by atoms with E-state index < -0.39 is 5.97 Å². The molecule has 2 aromatic carbocycles. The summed E-state index contributed by atoms with van der Waals surface area (Å²) in [6, 6.07) is 12.9. The molecule has 3 rings (SSSR count). The van der Waals surface area contributed by atoms with Crippen molar-refractivity contribution >= 4 is 23.5 Å². The zero-order valence-electron chi connectivity index (χ0n) is 13.3. The summed E-state index contributed by atoms with van der Waals surface area (Å²) < 4.78 is 23.1. The number of nitrogens with one attached hydrogen (secondary N) is 1. The molecule has 128 valence electrons. The molecular weight excluding hydrogens is 347 g/mol. The Balaban J connectivity index is 1.91. The van der Waals surface area contributed by atoms with Crippen molar-refractivity contribution in [3.05, 3.63) is 70.5 Å². The van der Waals surface area contributed by atoms with Gasteiger partial charge in [0.25, 0.3) is 0 Å². The van der Waals surface area contributed by atoms with E-state index in [1.807, 2.05) is 0 Å². The average molecular weight is 361 g/mol. The molecule has 0 aliphatic rings. The molecule has 0 bridgehead atoms. The Hall–Kier alpha value is -2.86. The van der Waals surface area contributed by atoms with Crippen molar-refractivity contribution in [3.8, 4) is 11.3 Å². The van der Waals surface area contributed by atoms with Gasteiger partial charge in [0.2, 0.25) is 5.88 Å². The fourth-order valence-electron chi connectivity index (χ4n) is 2.32. The highest BCUT2D eigenvalue weighted by molar-refractivity contribution is 6.30. The van der Waals surface area contributed by atoms with E-state index in [1.54, 1.807) is 36.4 Å². The molecule has 1 N–H and O–H groups in total. The first kappa shape index (κ1) is 17.0. The van der Waals surface area contributed by atoms with Crippen molar-refractivity contribution in [3.63, 3.8) is 0 Å². The molecule has 0 aliphatic heterocycles. The summed E-state index contributed by atoms with van der Waals surface area (Å²) in [6.07, 6.45) is 0. The lowest BCUT2D eigenvalue weighted by Gasteiger charge is -2.06. The normalized spacial score (nSPS) is 10.5. The molecule has 5 nitrogen and oxygen atoms in total. The van der Waals surface area contributed by atoms with Gasteiger partial charge >= 0.3 is 5.97 Å². The van der Waals surface area contributed by atoms with Crippen molar-refractivity contribution in [2.24, 2.45) is 0 Å². The SMILES string of the molecule is COC(=O)c1c(-c2cccc(Cl)c2)noc1NCc1ccc(F)cc1. The maximum atomic E-state index is 13.0. The zero-order valence-corrected chi connectivity index (χ0v) is 14.0.